The smallest absolute Gasteiger partial charge is 0.326 e. The van der Waals surface area contributed by atoms with Crippen LogP contribution in [0.5, 0.6) is 11.5 Å². The van der Waals surface area contributed by atoms with E-state index in [2.05, 4.69) is 4.74 Å². The molecule has 0 N–H and O–H groups in total. The topological polar surface area (TPSA) is 82.1 Å². The van der Waals surface area contributed by atoms with Crippen LogP contribution >= 0.6 is 0 Å². The molecule has 2 aromatic carbocycles. The van der Waals surface area contributed by atoms with E-state index in [0.29, 0.717) is 11.5 Å². The molecule has 25 heavy (non-hydrogen) atoms. The number of anilines is 1. The first kappa shape index (κ1) is 17.0. The summed E-state index contributed by atoms with van der Waals surface area (Å²) in [6.07, 6.45) is 0. The molecule has 1 heterocycles. The van der Waals surface area contributed by atoms with E-state index in [0.717, 1.165) is 35.7 Å². The Bertz CT molecular complexity index is 897. The summed E-state index contributed by atoms with van der Waals surface area (Å²) in [5, 5.41) is 0. The summed E-state index contributed by atoms with van der Waals surface area (Å²) in [7, 11) is -2.97. The van der Waals surface area contributed by atoms with Crippen LogP contribution in [0.2, 0.25) is 0 Å². The Balaban J connectivity index is 2.05. The predicted molar refractivity (Wildman–Crippen MR) is 85.5 cm³/mol. The molecule has 2 aromatic rings. The van der Waals surface area contributed by atoms with Gasteiger partial charge in [-0.25, -0.2) is 12.8 Å². The van der Waals surface area contributed by atoms with Crippen molar-refractivity contribution in [1.82, 2.24) is 0 Å². The Hall–Kier alpha value is -2.81. The van der Waals surface area contributed by atoms with Crippen molar-refractivity contribution in [3.63, 3.8) is 0 Å². The van der Waals surface area contributed by atoms with E-state index < -0.39 is 28.4 Å². The lowest BCUT2D eigenvalue weighted by Gasteiger charge is -2.23. The van der Waals surface area contributed by atoms with Crippen molar-refractivity contribution in [3.05, 3.63) is 48.3 Å². The Labute approximate surface area is 143 Å². The van der Waals surface area contributed by atoms with Crippen LogP contribution in [0.4, 0.5) is 10.1 Å². The lowest BCUT2D eigenvalue weighted by atomic mass is 10.3. The van der Waals surface area contributed by atoms with Gasteiger partial charge in [0.2, 0.25) is 6.79 Å². The van der Waals surface area contributed by atoms with Crippen LogP contribution < -0.4 is 13.8 Å². The highest BCUT2D eigenvalue weighted by atomic mass is 32.2. The van der Waals surface area contributed by atoms with Gasteiger partial charge in [0.05, 0.1) is 17.7 Å². The molecule has 0 unspecified atom stereocenters. The Morgan fingerprint density at radius 3 is 2.52 bits per heavy atom. The van der Waals surface area contributed by atoms with Crippen LogP contribution in [-0.4, -0.2) is 34.8 Å². The zero-order chi connectivity index (χ0) is 18.0. The average Bonchev–Trinajstić information content (AvgIpc) is 3.07. The number of carbonyl (C=O) groups is 1. The SMILES string of the molecule is COC(=O)CN(c1ccc2c(c1)OCO2)S(=O)(=O)c1ccc(F)cc1. The van der Waals surface area contributed by atoms with Crippen LogP contribution in [0.3, 0.4) is 0 Å². The fourth-order valence-electron chi connectivity index (χ4n) is 2.27. The lowest BCUT2D eigenvalue weighted by molar-refractivity contribution is -0.138. The quantitative estimate of drug-likeness (QED) is 0.751. The van der Waals surface area contributed by atoms with Crippen molar-refractivity contribution >= 4 is 21.7 Å². The number of benzene rings is 2. The molecular formula is C16H14FNO6S. The van der Waals surface area contributed by atoms with Gasteiger partial charge in [0.15, 0.2) is 11.5 Å². The number of carbonyl (C=O) groups excluding carboxylic acids is 1. The normalized spacial score (nSPS) is 12.7. The minimum Gasteiger partial charge on any atom is -0.468 e. The minimum atomic E-state index is -4.12. The highest BCUT2D eigenvalue weighted by molar-refractivity contribution is 7.92. The summed E-state index contributed by atoms with van der Waals surface area (Å²) < 4.78 is 54.8. The summed E-state index contributed by atoms with van der Waals surface area (Å²) in [6.45, 7) is -0.518. The van der Waals surface area contributed by atoms with E-state index in [1.807, 2.05) is 0 Å². The molecule has 1 aliphatic rings. The lowest BCUT2D eigenvalue weighted by Crippen LogP contribution is -2.36. The molecule has 0 radical (unpaired) electrons. The third-order valence-electron chi connectivity index (χ3n) is 3.55. The number of hydrogen-bond acceptors (Lipinski definition) is 6. The second-order valence-corrected chi connectivity index (χ2v) is 6.94. The molecule has 9 heteroatoms. The monoisotopic (exact) mass is 367 g/mol. The average molecular weight is 367 g/mol. The molecule has 1 aliphatic heterocycles. The Morgan fingerprint density at radius 1 is 1.16 bits per heavy atom. The first-order valence-corrected chi connectivity index (χ1v) is 8.60. The van der Waals surface area contributed by atoms with Gasteiger partial charge in [0, 0.05) is 6.07 Å². The number of halogens is 1. The Morgan fingerprint density at radius 2 is 1.84 bits per heavy atom. The van der Waals surface area contributed by atoms with Gasteiger partial charge in [0.1, 0.15) is 12.4 Å². The second kappa shape index (κ2) is 6.60. The molecule has 7 nitrogen and oxygen atoms in total. The van der Waals surface area contributed by atoms with Gasteiger partial charge < -0.3 is 14.2 Å². The van der Waals surface area contributed by atoms with Gasteiger partial charge in [-0.1, -0.05) is 0 Å². The van der Waals surface area contributed by atoms with E-state index in [-0.39, 0.29) is 17.4 Å². The molecule has 0 aromatic heterocycles. The van der Waals surface area contributed by atoms with Gasteiger partial charge in [-0.3, -0.25) is 9.10 Å². The van der Waals surface area contributed by atoms with Gasteiger partial charge in [-0.2, -0.15) is 0 Å². The molecule has 3 rings (SSSR count). The predicted octanol–water partition coefficient (Wildman–Crippen LogP) is 1.92. The molecule has 132 valence electrons. The van der Waals surface area contributed by atoms with Crippen LogP contribution in [0.1, 0.15) is 0 Å². The van der Waals surface area contributed by atoms with Gasteiger partial charge >= 0.3 is 5.97 Å². The minimum absolute atomic E-state index is 0.0283. The first-order valence-electron chi connectivity index (χ1n) is 7.16. The summed E-state index contributed by atoms with van der Waals surface area (Å²) in [4.78, 5) is 11.6. The molecule has 0 fully saturated rings. The third kappa shape index (κ3) is 3.36. The number of hydrogen-bond donors (Lipinski definition) is 0. The zero-order valence-electron chi connectivity index (χ0n) is 13.1. The van der Waals surface area contributed by atoms with Gasteiger partial charge in [-0.15, -0.1) is 0 Å². The molecule has 0 bridgehead atoms. The highest BCUT2D eigenvalue weighted by Gasteiger charge is 2.29. The molecule has 0 saturated heterocycles. The number of esters is 1. The number of fused-ring (bicyclic) bond motifs is 1. The van der Waals surface area contributed by atoms with Crippen LogP contribution in [0.25, 0.3) is 0 Å². The van der Waals surface area contributed by atoms with E-state index in [1.54, 1.807) is 6.07 Å². The van der Waals surface area contributed by atoms with E-state index in [4.69, 9.17) is 9.47 Å². The van der Waals surface area contributed by atoms with Crippen LogP contribution in [0.15, 0.2) is 47.4 Å². The number of sulfonamides is 1. The van der Waals surface area contributed by atoms with Crippen LogP contribution in [-0.2, 0) is 19.6 Å². The molecule has 0 aliphatic carbocycles. The zero-order valence-corrected chi connectivity index (χ0v) is 14.0. The maximum absolute atomic E-state index is 13.1. The van der Waals surface area contributed by atoms with Crippen molar-refractivity contribution in [1.29, 1.82) is 0 Å². The molecular weight excluding hydrogens is 353 g/mol. The maximum atomic E-state index is 13.1. The summed E-state index contributed by atoms with van der Waals surface area (Å²) in [5.74, 6) is -0.479. The molecule has 0 amide bonds. The molecule has 0 saturated carbocycles. The highest BCUT2D eigenvalue weighted by Crippen LogP contribution is 2.36. The fourth-order valence-corrected chi connectivity index (χ4v) is 3.67. The van der Waals surface area contributed by atoms with Crippen molar-refractivity contribution in [2.75, 3.05) is 24.8 Å². The van der Waals surface area contributed by atoms with Gasteiger partial charge in [-0.05, 0) is 36.4 Å². The van der Waals surface area contributed by atoms with Crippen LogP contribution in [0, 0.1) is 5.82 Å². The standard InChI is InChI=1S/C16H14FNO6S/c1-22-16(19)9-18(12-4-7-14-15(8-12)24-10-23-14)25(20,21)13-5-2-11(17)3-6-13/h2-8H,9-10H2,1H3. The van der Waals surface area contributed by atoms with Crippen molar-refractivity contribution < 1.29 is 31.8 Å². The van der Waals surface area contributed by atoms with Crippen molar-refractivity contribution in [2.24, 2.45) is 0 Å². The summed E-state index contributed by atoms with van der Waals surface area (Å²) in [5.41, 5.74) is 0.193. The Kier molecular flexibility index (Phi) is 4.49. The number of ether oxygens (including phenoxy) is 3. The van der Waals surface area contributed by atoms with E-state index in [9.17, 15) is 17.6 Å². The van der Waals surface area contributed by atoms with E-state index >= 15 is 0 Å². The second-order valence-electron chi connectivity index (χ2n) is 5.08. The number of nitrogens with zero attached hydrogens (tertiary/aromatic N) is 1. The maximum Gasteiger partial charge on any atom is 0.326 e. The summed E-state index contributed by atoms with van der Waals surface area (Å²) >= 11 is 0. The number of methoxy groups -OCH3 is 1. The molecule has 0 spiro atoms. The summed E-state index contributed by atoms with van der Waals surface area (Å²) in [6, 6.07) is 8.79. The largest absolute Gasteiger partial charge is 0.468 e. The van der Waals surface area contributed by atoms with Crippen molar-refractivity contribution in [3.8, 4) is 11.5 Å². The van der Waals surface area contributed by atoms with E-state index in [1.165, 1.54) is 12.1 Å². The third-order valence-corrected chi connectivity index (χ3v) is 5.33. The van der Waals surface area contributed by atoms with Crippen molar-refractivity contribution in [2.45, 2.75) is 4.90 Å². The first-order chi connectivity index (χ1) is 11.9. The number of rotatable bonds is 5. The molecule has 0 atom stereocenters. The van der Waals surface area contributed by atoms with Gasteiger partial charge in [0.25, 0.3) is 10.0 Å². The fraction of sp³-hybridized carbons (Fsp3) is 0.188.